The molecule has 1 aromatic carbocycles. The summed E-state index contributed by atoms with van der Waals surface area (Å²) in [6.45, 7) is 4.45. The number of benzene rings is 1. The Bertz CT molecular complexity index is 471. The van der Waals surface area contributed by atoms with E-state index < -0.39 is 11.8 Å². The van der Waals surface area contributed by atoms with Gasteiger partial charge in [-0.1, -0.05) is 13.8 Å². The molecule has 0 saturated heterocycles. The number of nitrogens with one attached hydrogen (secondary N) is 1. The average Bonchev–Trinajstić information content (AvgIpc) is 2.57. The molecule has 0 bridgehead atoms. The van der Waals surface area contributed by atoms with Crippen LogP contribution in [0.1, 0.15) is 43.5 Å². The monoisotopic (exact) mass is 251 g/mol. The van der Waals surface area contributed by atoms with Crippen LogP contribution < -0.4 is 5.32 Å². The fourth-order valence-corrected chi connectivity index (χ4v) is 2.57. The number of rotatable bonds is 3. The van der Waals surface area contributed by atoms with E-state index in [1.54, 1.807) is 6.07 Å². The standard InChI is InChI=1S/C14H18FNO2/c1-14(2)6-5-10(8-14)16-9-3-4-11(13(17)18)12(15)7-9/h3-4,7,10,16H,5-6,8H2,1-2H3,(H,17,18). The molecule has 0 amide bonds. The van der Waals surface area contributed by atoms with Gasteiger partial charge in [-0.05, 0) is 42.9 Å². The normalized spacial score (nSPS) is 21.8. The lowest BCUT2D eigenvalue weighted by atomic mass is 9.92. The fraction of sp³-hybridized carbons (Fsp3) is 0.500. The lowest BCUT2D eigenvalue weighted by molar-refractivity contribution is 0.0692. The molecule has 0 spiro atoms. The van der Waals surface area contributed by atoms with Gasteiger partial charge in [-0.3, -0.25) is 0 Å². The Labute approximate surface area is 106 Å². The van der Waals surface area contributed by atoms with E-state index in [1.807, 2.05) is 0 Å². The van der Waals surface area contributed by atoms with E-state index in [9.17, 15) is 9.18 Å². The van der Waals surface area contributed by atoms with E-state index in [-0.39, 0.29) is 5.56 Å². The van der Waals surface area contributed by atoms with Gasteiger partial charge in [0.25, 0.3) is 0 Å². The van der Waals surface area contributed by atoms with E-state index in [0.29, 0.717) is 17.1 Å². The van der Waals surface area contributed by atoms with Gasteiger partial charge in [0.15, 0.2) is 0 Å². The molecule has 1 fully saturated rings. The molecule has 0 heterocycles. The van der Waals surface area contributed by atoms with Gasteiger partial charge in [0, 0.05) is 11.7 Å². The molecule has 1 unspecified atom stereocenters. The van der Waals surface area contributed by atoms with Crippen molar-refractivity contribution in [1.29, 1.82) is 0 Å². The van der Waals surface area contributed by atoms with Gasteiger partial charge < -0.3 is 10.4 Å². The summed E-state index contributed by atoms with van der Waals surface area (Å²) < 4.78 is 13.5. The number of hydrogen-bond donors (Lipinski definition) is 2. The topological polar surface area (TPSA) is 49.3 Å². The van der Waals surface area contributed by atoms with Crippen molar-refractivity contribution in [3.05, 3.63) is 29.6 Å². The van der Waals surface area contributed by atoms with Crippen molar-refractivity contribution >= 4 is 11.7 Å². The van der Waals surface area contributed by atoms with E-state index in [2.05, 4.69) is 19.2 Å². The third-order valence-corrected chi connectivity index (χ3v) is 3.54. The van der Waals surface area contributed by atoms with Crippen molar-refractivity contribution in [3.8, 4) is 0 Å². The first-order valence-electron chi connectivity index (χ1n) is 6.17. The van der Waals surface area contributed by atoms with Crippen LogP contribution in [0.3, 0.4) is 0 Å². The first-order chi connectivity index (χ1) is 8.37. The maximum Gasteiger partial charge on any atom is 0.338 e. The van der Waals surface area contributed by atoms with Crippen LogP contribution in [0.2, 0.25) is 0 Å². The average molecular weight is 251 g/mol. The van der Waals surface area contributed by atoms with E-state index >= 15 is 0 Å². The van der Waals surface area contributed by atoms with Crippen molar-refractivity contribution in [1.82, 2.24) is 0 Å². The molecule has 1 saturated carbocycles. The number of carboxylic acids is 1. The second kappa shape index (κ2) is 4.59. The Morgan fingerprint density at radius 2 is 2.22 bits per heavy atom. The third-order valence-electron chi connectivity index (χ3n) is 3.54. The number of halogens is 1. The van der Waals surface area contributed by atoms with Gasteiger partial charge in [0.2, 0.25) is 0 Å². The molecule has 98 valence electrons. The van der Waals surface area contributed by atoms with Crippen LogP contribution in [0.15, 0.2) is 18.2 Å². The zero-order chi connectivity index (χ0) is 13.3. The second-order valence-electron chi connectivity index (χ2n) is 5.75. The molecular weight excluding hydrogens is 233 g/mol. The molecule has 0 aliphatic heterocycles. The number of carbonyl (C=O) groups is 1. The zero-order valence-electron chi connectivity index (χ0n) is 10.7. The Morgan fingerprint density at radius 1 is 1.50 bits per heavy atom. The molecule has 2 N–H and O–H groups in total. The van der Waals surface area contributed by atoms with Crippen molar-refractivity contribution < 1.29 is 14.3 Å². The highest BCUT2D eigenvalue weighted by Crippen LogP contribution is 2.38. The highest BCUT2D eigenvalue weighted by atomic mass is 19.1. The minimum Gasteiger partial charge on any atom is -0.478 e. The summed E-state index contributed by atoms with van der Waals surface area (Å²) in [5.41, 5.74) is 0.699. The van der Waals surface area contributed by atoms with Crippen LogP contribution in [-0.4, -0.2) is 17.1 Å². The maximum absolute atomic E-state index is 13.5. The van der Waals surface area contributed by atoms with Gasteiger partial charge in [-0.2, -0.15) is 0 Å². The van der Waals surface area contributed by atoms with Gasteiger partial charge in [-0.25, -0.2) is 9.18 Å². The first-order valence-corrected chi connectivity index (χ1v) is 6.17. The summed E-state index contributed by atoms with van der Waals surface area (Å²) in [5.74, 6) is -1.93. The lowest BCUT2D eigenvalue weighted by Crippen LogP contribution is -2.17. The highest BCUT2D eigenvalue weighted by molar-refractivity contribution is 5.88. The minimum atomic E-state index is -1.24. The summed E-state index contributed by atoms with van der Waals surface area (Å²) in [5, 5.41) is 12.0. The molecular formula is C14H18FNO2. The number of aromatic carboxylic acids is 1. The van der Waals surface area contributed by atoms with Crippen molar-refractivity contribution in [2.24, 2.45) is 5.41 Å². The smallest absolute Gasteiger partial charge is 0.338 e. The fourth-order valence-electron chi connectivity index (χ4n) is 2.57. The lowest BCUT2D eigenvalue weighted by Gasteiger charge is -2.18. The molecule has 2 rings (SSSR count). The highest BCUT2D eigenvalue weighted by Gasteiger charge is 2.30. The number of hydrogen-bond acceptors (Lipinski definition) is 2. The number of carboxylic acid groups (broad SMARTS) is 1. The molecule has 1 aliphatic rings. The molecule has 0 radical (unpaired) electrons. The minimum absolute atomic E-state index is 0.285. The summed E-state index contributed by atoms with van der Waals surface area (Å²) in [4.78, 5) is 10.7. The van der Waals surface area contributed by atoms with Crippen LogP contribution in [0.4, 0.5) is 10.1 Å². The number of anilines is 1. The molecule has 1 aromatic rings. The molecule has 1 atom stereocenters. The Morgan fingerprint density at radius 3 is 2.72 bits per heavy atom. The largest absolute Gasteiger partial charge is 0.478 e. The van der Waals surface area contributed by atoms with Gasteiger partial charge in [0.05, 0.1) is 5.56 Å². The quantitative estimate of drug-likeness (QED) is 0.864. The van der Waals surface area contributed by atoms with Crippen LogP contribution in [0.25, 0.3) is 0 Å². The second-order valence-corrected chi connectivity index (χ2v) is 5.75. The Balaban J connectivity index is 2.07. The summed E-state index contributed by atoms with van der Waals surface area (Å²) in [6.07, 6.45) is 3.27. The predicted molar refractivity (Wildman–Crippen MR) is 68.4 cm³/mol. The van der Waals surface area contributed by atoms with Gasteiger partial charge in [-0.15, -0.1) is 0 Å². The van der Waals surface area contributed by atoms with Crippen LogP contribution in [-0.2, 0) is 0 Å². The molecule has 1 aliphatic carbocycles. The SMILES string of the molecule is CC1(C)CCC(Nc2ccc(C(=O)O)c(F)c2)C1. The van der Waals surface area contributed by atoms with Crippen LogP contribution in [0, 0.1) is 11.2 Å². The third kappa shape index (κ3) is 2.81. The van der Waals surface area contributed by atoms with Gasteiger partial charge in [0.1, 0.15) is 5.82 Å². The molecule has 3 nitrogen and oxygen atoms in total. The van der Waals surface area contributed by atoms with Crippen molar-refractivity contribution in [2.45, 2.75) is 39.2 Å². The predicted octanol–water partition coefficient (Wildman–Crippen LogP) is 3.51. The van der Waals surface area contributed by atoms with Crippen molar-refractivity contribution in [3.63, 3.8) is 0 Å². The van der Waals surface area contributed by atoms with Crippen LogP contribution in [0.5, 0.6) is 0 Å². The van der Waals surface area contributed by atoms with Gasteiger partial charge >= 0.3 is 5.97 Å². The molecule has 4 heteroatoms. The first kappa shape index (κ1) is 12.9. The molecule has 18 heavy (non-hydrogen) atoms. The van der Waals surface area contributed by atoms with Crippen molar-refractivity contribution in [2.75, 3.05) is 5.32 Å². The summed E-state index contributed by atoms with van der Waals surface area (Å²) in [6, 6.07) is 4.53. The van der Waals surface area contributed by atoms with Crippen LogP contribution >= 0.6 is 0 Å². The zero-order valence-corrected chi connectivity index (χ0v) is 10.7. The van der Waals surface area contributed by atoms with E-state index in [4.69, 9.17) is 5.11 Å². The molecule has 0 aromatic heterocycles. The Hall–Kier alpha value is -1.58. The summed E-state index contributed by atoms with van der Waals surface area (Å²) >= 11 is 0. The van der Waals surface area contributed by atoms with E-state index in [1.165, 1.54) is 12.1 Å². The summed E-state index contributed by atoms with van der Waals surface area (Å²) in [7, 11) is 0. The van der Waals surface area contributed by atoms with E-state index in [0.717, 1.165) is 19.3 Å². The maximum atomic E-state index is 13.5. The Kier molecular flexibility index (Phi) is 3.28.